The Kier molecular flexibility index (Phi) is 6.43. The molecule has 0 aliphatic carbocycles. The molecule has 1 aliphatic rings. The van der Waals surface area contributed by atoms with Gasteiger partial charge >= 0.3 is 6.09 Å². The molecule has 29 heavy (non-hydrogen) atoms. The summed E-state index contributed by atoms with van der Waals surface area (Å²) in [6, 6.07) is 11.6. The number of pyridine rings is 2. The maximum atomic E-state index is 13.7. The SMILES string of the molecule is Fc1ccccc1.O=C1N[C@H](c2cc(C#Cc3ccnc(F)c3)cnc2F)CO1. The number of hydrogen-bond donors (Lipinski definition) is 1. The number of nitrogens with zero attached hydrogens (tertiary/aromatic N) is 2. The molecule has 3 aromatic rings. The zero-order chi connectivity index (χ0) is 20.6. The highest BCUT2D eigenvalue weighted by molar-refractivity contribution is 5.70. The van der Waals surface area contributed by atoms with Crippen LogP contribution in [0, 0.1) is 29.6 Å². The molecular weight excluding hydrogens is 383 g/mol. The second-order valence-corrected chi connectivity index (χ2v) is 5.81. The third-order valence-corrected chi connectivity index (χ3v) is 3.73. The van der Waals surface area contributed by atoms with Gasteiger partial charge in [-0.2, -0.15) is 8.78 Å². The van der Waals surface area contributed by atoms with Crippen LogP contribution in [0.25, 0.3) is 0 Å². The van der Waals surface area contributed by atoms with Crippen LogP contribution in [0.1, 0.15) is 22.7 Å². The van der Waals surface area contributed by atoms with Gasteiger partial charge in [-0.05, 0) is 24.3 Å². The molecule has 146 valence electrons. The second kappa shape index (κ2) is 9.37. The fourth-order valence-electron chi connectivity index (χ4n) is 2.37. The topological polar surface area (TPSA) is 64.1 Å². The Morgan fingerprint density at radius 2 is 1.76 bits per heavy atom. The summed E-state index contributed by atoms with van der Waals surface area (Å²) >= 11 is 0. The minimum atomic E-state index is -0.698. The van der Waals surface area contributed by atoms with Crippen LogP contribution in [0.5, 0.6) is 0 Å². The van der Waals surface area contributed by atoms with Gasteiger partial charge in [-0.3, -0.25) is 0 Å². The van der Waals surface area contributed by atoms with Crippen LogP contribution >= 0.6 is 0 Å². The Morgan fingerprint density at radius 1 is 1.00 bits per heavy atom. The van der Waals surface area contributed by atoms with Crippen LogP contribution in [0.2, 0.25) is 0 Å². The maximum Gasteiger partial charge on any atom is 0.407 e. The second-order valence-electron chi connectivity index (χ2n) is 5.81. The number of carbonyl (C=O) groups is 1. The lowest BCUT2D eigenvalue weighted by atomic mass is 10.1. The molecule has 3 heterocycles. The van der Waals surface area contributed by atoms with Gasteiger partial charge in [-0.1, -0.05) is 30.0 Å². The number of aromatic nitrogens is 2. The zero-order valence-electron chi connectivity index (χ0n) is 14.9. The van der Waals surface area contributed by atoms with Crippen molar-refractivity contribution in [3.05, 3.63) is 95.3 Å². The summed E-state index contributed by atoms with van der Waals surface area (Å²) in [5, 5.41) is 2.47. The predicted octanol–water partition coefficient (Wildman–Crippen LogP) is 3.76. The molecule has 2 aromatic heterocycles. The van der Waals surface area contributed by atoms with E-state index >= 15 is 0 Å². The molecule has 5 nitrogen and oxygen atoms in total. The fraction of sp³-hybridized carbons (Fsp3) is 0.0952. The van der Waals surface area contributed by atoms with Crippen molar-refractivity contribution in [3.8, 4) is 11.8 Å². The molecule has 1 aliphatic heterocycles. The third kappa shape index (κ3) is 5.81. The molecule has 0 spiro atoms. The summed E-state index contributed by atoms with van der Waals surface area (Å²) in [6.07, 6.45) is 1.97. The van der Waals surface area contributed by atoms with Gasteiger partial charge in [-0.25, -0.2) is 19.2 Å². The smallest absolute Gasteiger partial charge is 0.407 e. The summed E-state index contributed by atoms with van der Waals surface area (Å²) in [5.74, 6) is 3.99. The Hall–Kier alpha value is -3.86. The van der Waals surface area contributed by atoms with E-state index in [9.17, 15) is 18.0 Å². The van der Waals surface area contributed by atoms with Gasteiger partial charge in [-0.15, -0.1) is 0 Å². The van der Waals surface area contributed by atoms with E-state index in [1.807, 2.05) is 0 Å². The van der Waals surface area contributed by atoms with Crippen molar-refractivity contribution in [1.29, 1.82) is 0 Å². The van der Waals surface area contributed by atoms with E-state index in [1.165, 1.54) is 36.7 Å². The number of nitrogens with one attached hydrogen (secondary N) is 1. The molecule has 1 atom stereocenters. The number of amides is 1. The maximum absolute atomic E-state index is 13.7. The number of carbonyl (C=O) groups excluding carboxylic acids is 1. The lowest BCUT2D eigenvalue weighted by molar-refractivity contribution is 0.176. The summed E-state index contributed by atoms with van der Waals surface area (Å²) in [7, 11) is 0. The van der Waals surface area contributed by atoms with Crippen molar-refractivity contribution in [2.24, 2.45) is 0 Å². The van der Waals surface area contributed by atoms with Crippen LogP contribution in [-0.2, 0) is 4.74 Å². The summed E-state index contributed by atoms with van der Waals surface area (Å²) in [6.45, 7) is 0.0316. The zero-order valence-corrected chi connectivity index (χ0v) is 14.9. The lowest BCUT2D eigenvalue weighted by Crippen LogP contribution is -2.19. The average molecular weight is 397 g/mol. The number of benzene rings is 1. The Bertz CT molecular complexity index is 1070. The van der Waals surface area contributed by atoms with Crippen molar-refractivity contribution in [3.63, 3.8) is 0 Å². The summed E-state index contributed by atoms with van der Waals surface area (Å²) < 4.78 is 43.3. The highest BCUT2D eigenvalue weighted by Gasteiger charge is 2.26. The van der Waals surface area contributed by atoms with Crippen LogP contribution < -0.4 is 5.32 Å². The normalized spacial score (nSPS) is 14.6. The van der Waals surface area contributed by atoms with E-state index in [0.29, 0.717) is 11.1 Å². The third-order valence-electron chi connectivity index (χ3n) is 3.73. The molecule has 1 fully saturated rings. The lowest BCUT2D eigenvalue weighted by Gasteiger charge is -2.08. The molecular formula is C21H14F3N3O2. The number of rotatable bonds is 1. The Balaban J connectivity index is 0.000000290. The first-order chi connectivity index (χ1) is 14.0. The Morgan fingerprint density at radius 3 is 2.38 bits per heavy atom. The predicted molar refractivity (Wildman–Crippen MR) is 98.0 cm³/mol. The molecule has 1 saturated heterocycles. The standard InChI is InChI=1S/C15H9F2N3O2.C6H5F/c16-13-6-9(3-4-18-13)1-2-10-5-11(14(17)19-7-10)12-8-22-15(21)20-12;7-6-4-2-1-3-5-6/h3-7,12H,8H2,(H,20,21);1-5H/t12-;/m0./s1. The molecule has 1 N–H and O–H groups in total. The van der Waals surface area contributed by atoms with Crippen LogP contribution in [-0.4, -0.2) is 22.7 Å². The van der Waals surface area contributed by atoms with Gasteiger partial charge in [0.15, 0.2) is 0 Å². The highest BCUT2D eigenvalue weighted by Crippen LogP contribution is 2.20. The molecule has 0 unspecified atom stereocenters. The number of alkyl carbamates (subject to hydrolysis) is 1. The van der Waals surface area contributed by atoms with E-state index in [2.05, 4.69) is 27.1 Å². The van der Waals surface area contributed by atoms with Gasteiger partial charge in [0.2, 0.25) is 11.9 Å². The molecule has 0 bridgehead atoms. The number of halogens is 3. The molecule has 1 aromatic carbocycles. The van der Waals surface area contributed by atoms with Gasteiger partial charge in [0.25, 0.3) is 0 Å². The molecule has 8 heteroatoms. The summed E-state index contributed by atoms with van der Waals surface area (Å²) in [5.41, 5.74) is 1.07. The number of ether oxygens (including phenoxy) is 1. The minimum absolute atomic E-state index is 0.0316. The molecule has 0 saturated carbocycles. The van der Waals surface area contributed by atoms with Crippen molar-refractivity contribution in [2.45, 2.75) is 6.04 Å². The quantitative estimate of drug-likeness (QED) is 0.502. The van der Waals surface area contributed by atoms with Gasteiger partial charge < -0.3 is 10.1 Å². The van der Waals surface area contributed by atoms with Crippen LogP contribution in [0.3, 0.4) is 0 Å². The van der Waals surface area contributed by atoms with Gasteiger partial charge in [0.1, 0.15) is 12.4 Å². The van der Waals surface area contributed by atoms with Crippen molar-refractivity contribution < 1.29 is 22.7 Å². The highest BCUT2D eigenvalue weighted by atomic mass is 19.1. The molecule has 0 radical (unpaired) electrons. The molecule has 4 rings (SSSR count). The first-order valence-electron chi connectivity index (χ1n) is 8.44. The van der Waals surface area contributed by atoms with E-state index in [1.54, 1.807) is 24.3 Å². The largest absolute Gasteiger partial charge is 0.447 e. The van der Waals surface area contributed by atoms with E-state index in [0.717, 1.165) is 0 Å². The van der Waals surface area contributed by atoms with Crippen LogP contribution in [0.15, 0.2) is 60.9 Å². The van der Waals surface area contributed by atoms with Gasteiger partial charge in [0.05, 0.1) is 6.04 Å². The first kappa shape index (κ1) is 19.9. The number of cyclic esters (lactones) is 1. The van der Waals surface area contributed by atoms with Crippen molar-refractivity contribution in [1.82, 2.24) is 15.3 Å². The van der Waals surface area contributed by atoms with Crippen molar-refractivity contribution in [2.75, 3.05) is 6.61 Å². The minimum Gasteiger partial charge on any atom is -0.447 e. The Labute approximate surface area is 164 Å². The van der Waals surface area contributed by atoms with E-state index in [-0.39, 0.29) is 18.0 Å². The van der Waals surface area contributed by atoms with Crippen molar-refractivity contribution >= 4 is 6.09 Å². The monoisotopic (exact) mass is 397 g/mol. The van der Waals surface area contributed by atoms with E-state index < -0.39 is 24.0 Å². The van der Waals surface area contributed by atoms with Crippen LogP contribution in [0.4, 0.5) is 18.0 Å². The number of hydrogen-bond acceptors (Lipinski definition) is 4. The average Bonchev–Trinajstić information content (AvgIpc) is 3.15. The summed E-state index contributed by atoms with van der Waals surface area (Å²) in [4.78, 5) is 18.1. The molecule has 1 amide bonds. The fourth-order valence-corrected chi connectivity index (χ4v) is 2.37. The van der Waals surface area contributed by atoms with E-state index in [4.69, 9.17) is 4.74 Å². The first-order valence-corrected chi connectivity index (χ1v) is 8.44. The van der Waals surface area contributed by atoms with Gasteiger partial charge in [0, 0.05) is 35.2 Å².